The number of rotatable bonds is 4. The predicted octanol–water partition coefficient (Wildman–Crippen LogP) is 3.57. The van der Waals surface area contributed by atoms with Gasteiger partial charge in [-0.15, -0.1) is 0 Å². The van der Waals surface area contributed by atoms with E-state index in [-0.39, 0.29) is 17.7 Å². The number of imide groups is 1. The summed E-state index contributed by atoms with van der Waals surface area (Å²) in [7, 11) is 1.49. The van der Waals surface area contributed by atoms with Crippen LogP contribution in [0.15, 0.2) is 42.5 Å². The highest BCUT2D eigenvalue weighted by Crippen LogP contribution is 2.45. The summed E-state index contributed by atoms with van der Waals surface area (Å²) < 4.78 is 5.18. The Hall–Kier alpha value is -3.48. The quantitative estimate of drug-likeness (QED) is 0.650. The lowest BCUT2D eigenvalue weighted by atomic mass is 9.88. The van der Waals surface area contributed by atoms with Crippen LogP contribution in [-0.2, 0) is 11.2 Å². The van der Waals surface area contributed by atoms with Gasteiger partial charge in [-0.25, -0.2) is 4.79 Å². The Labute approximate surface area is 173 Å². The van der Waals surface area contributed by atoms with Gasteiger partial charge in [0.25, 0.3) is 5.91 Å². The molecule has 0 aliphatic carbocycles. The Balaban J connectivity index is 1.72. The van der Waals surface area contributed by atoms with Crippen molar-refractivity contribution in [3.63, 3.8) is 0 Å². The molecule has 2 N–H and O–H groups in total. The average molecular weight is 405 g/mol. The van der Waals surface area contributed by atoms with E-state index in [1.54, 1.807) is 17.0 Å². The molecule has 7 heteroatoms. The second kappa shape index (κ2) is 6.79. The maximum atomic E-state index is 13.3. The van der Waals surface area contributed by atoms with Gasteiger partial charge in [-0.1, -0.05) is 31.2 Å². The molecule has 0 radical (unpaired) electrons. The molecule has 0 saturated carbocycles. The van der Waals surface area contributed by atoms with E-state index < -0.39 is 12.1 Å². The summed E-state index contributed by atoms with van der Waals surface area (Å²) >= 11 is 0. The van der Waals surface area contributed by atoms with Crippen molar-refractivity contribution in [2.75, 3.05) is 13.7 Å². The minimum atomic E-state index is -0.551. The number of nitrogens with zero attached hydrogens (tertiary/aromatic N) is 2. The number of fused-ring (bicyclic) bond motifs is 4. The monoisotopic (exact) mass is 405 g/mol. The van der Waals surface area contributed by atoms with E-state index in [1.165, 1.54) is 12.0 Å². The number of ether oxygens (including phenoxy) is 1. The number of carbonyl (C=O) groups is 2. The van der Waals surface area contributed by atoms with Crippen molar-refractivity contribution < 1.29 is 19.4 Å². The number of methoxy groups -OCH3 is 1. The zero-order valence-corrected chi connectivity index (χ0v) is 16.9. The molecule has 0 spiro atoms. The topological polar surface area (TPSA) is 85.9 Å². The van der Waals surface area contributed by atoms with Crippen molar-refractivity contribution in [1.29, 1.82) is 0 Å². The second-order valence-electron chi connectivity index (χ2n) is 7.80. The zero-order valence-electron chi connectivity index (χ0n) is 16.9. The summed E-state index contributed by atoms with van der Waals surface area (Å²) in [6.07, 6.45) is 1.18. The molecule has 2 aliphatic rings. The van der Waals surface area contributed by atoms with Crippen molar-refractivity contribution in [2.45, 2.75) is 31.8 Å². The SMILES string of the molecule is CCCN1C(=O)[C@@H]2Cc3c([nH]c4ccccc34)[C@@H](c3ccc(OC)c(O)c3)N2C1=O. The lowest BCUT2D eigenvalue weighted by Gasteiger charge is -2.36. The number of H-pyrrole nitrogens is 1. The van der Waals surface area contributed by atoms with E-state index in [9.17, 15) is 14.7 Å². The van der Waals surface area contributed by atoms with Gasteiger partial charge in [-0.2, -0.15) is 0 Å². The minimum absolute atomic E-state index is 0.00169. The zero-order chi connectivity index (χ0) is 21.0. The average Bonchev–Trinajstić information content (AvgIpc) is 3.23. The number of benzene rings is 2. The number of aromatic nitrogens is 1. The molecule has 1 fully saturated rings. The molecule has 2 aliphatic heterocycles. The molecular weight excluding hydrogens is 382 g/mol. The normalized spacial score (nSPS) is 20.6. The number of hydrogen-bond donors (Lipinski definition) is 2. The van der Waals surface area contributed by atoms with Crippen LogP contribution in [0.25, 0.3) is 10.9 Å². The Bertz CT molecular complexity index is 1170. The third-order valence-electron chi connectivity index (χ3n) is 6.10. The second-order valence-corrected chi connectivity index (χ2v) is 7.80. The Kier molecular flexibility index (Phi) is 4.20. The van der Waals surface area contributed by atoms with Crippen LogP contribution >= 0.6 is 0 Å². The fourth-order valence-corrected chi connectivity index (χ4v) is 4.78. The van der Waals surface area contributed by atoms with Gasteiger partial charge >= 0.3 is 6.03 Å². The summed E-state index contributed by atoms with van der Waals surface area (Å²) in [6.45, 7) is 2.35. The van der Waals surface area contributed by atoms with Crippen LogP contribution in [0.3, 0.4) is 0 Å². The largest absolute Gasteiger partial charge is 0.504 e. The first-order valence-electron chi connectivity index (χ1n) is 10.1. The van der Waals surface area contributed by atoms with E-state index in [0.717, 1.165) is 27.7 Å². The molecule has 0 unspecified atom stereocenters. The fourth-order valence-electron chi connectivity index (χ4n) is 4.78. The molecule has 154 valence electrons. The van der Waals surface area contributed by atoms with Gasteiger partial charge in [0.2, 0.25) is 0 Å². The summed E-state index contributed by atoms with van der Waals surface area (Å²) in [5.41, 5.74) is 3.63. The van der Waals surface area contributed by atoms with Crippen LogP contribution in [0, 0.1) is 0 Å². The number of carbonyl (C=O) groups excluding carboxylic acids is 2. The van der Waals surface area contributed by atoms with Gasteiger partial charge in [-0.05, 0) is 35.7 Å². The van der Waals surface area contributed by atoms with Gasteiger partial charge < -0.3 is 14.8 Å². The number of aromatic hydroxyl groups is 1. The molecule has 3 amide bonds. The van der Waals surface area contributed by atoms with Crippen molar-refractivity contribution in [3.05, 3.63) is 59.3 Å². The van der Waals surface area contributed by atoms with E-state index in [2.05, 4.69) is 4.98 Å². The van der Waals surface area contributed by atoms with Crippen LogP contribution in [0.1, 0.15) is 36.2 Å². The van der Waals surface area contributed by atoms with E-state index in [0.29, 0.717) is 25.1 Å². The Morgan fingerprint density at radius 2 is 2.00 bits per heavy atom. The molecule has 2 atom stereocenters. The summed E-state index contributed by atoms with van der Waals surface area (Å²) in [6, 6.07) is 11.8. The number of nitrogens with one attached hydrogen (secondary N) is 1. The standard InChI is InChI=1S/C23H23N3O4/c1-3-10-25-22(28)17-12-15-14-6-4-5-7-16(14)24-20(15)21(26(17)23(25)29)13-8-9-19(30-2)18(27)11-13/h4-9,11,17,21,24,27H,3,10,12H2,1-2H3/t17-,21+/m0/s1. The van der Waals surface area contributed by atoms with E-state index in [4.69, 9.17) is 4.74 Å². The van der Waals surface area contributed by atoms with Crippen LogP contribution in [0.2, 0.25) is 0 Å². The maximum absolute atomic E-state index is 13.3. The first kappa shape index (κ1) is 18.5. The number of aromatic amines is 1. The molecule has 5 rings (SSSR count). The molecule has 1 saturated heterocycles. The highest BCUT2D eigenvalue weighted by molar-refractivity contribution is 6.05. The molecule has 1 aromatic heterocycles. The van der Waals surface area contributed by atoms with Crippen LogP contribution in [-0.4, -0.2) is 51.5 Å². The van der Waals surface area contributed by atoms with E-state index in [1.807, 2.05) is 37.3 Å². The highest BCUT2D eigenvalue weighted by atomic mass is 16.5. The minimum Gasteiger partial charge on any atom is -0.504 e. The summed E-state index contributed by atoms with van der Waals surface area (Å²) in [4.78, 5) is 32.9. The third-order valence-corrected chi connectivity index (χ3v) is 6.10. The van der Waals surface area contributed by atoms with Crippen LogP contribution in [0.5, 0.6) is 11.5 Å². The Morgan fingerprint density at radius 3 is 2.73 bits per heavy atom. The smallest absolute Gasteiger partial charge is 0.328 e. The number of phenolic OH excluding ortho intramolecular Hbond substituents is 1. The molecule has 2 aromatic carbocycles. The van der Waals surface area contributed by atoms with Gasteiger partial charge in [0, 0.05) is 29.6 Å². The van der Waals surface area contributed by atoms with Gasteiger partial charge in [0.1, 0.15) is 12.1 Å². The lowest BCUT2D eigenvalue weighted by molar-refractivity contribution is -0.128. The molecule has 3 heterocycles. The van der Waals surface area contributed by atoms with Gasteiger partial charge in [0.15, 0.2) is 11.5 Å². The van der Waals surface area contributed by atoms with Gasteiger partial charge in [-0.3, -0.25) is 14.6 Å². The first-order chi connectivity index (χ1) is 14.5. The molecule has 7 nitrogen and oxygen atoms in total. The third kappa shape index (κ3) is 2.51. The number of hydrogen-bond acceptors (Lipinski definition) is 4. The number of phenols is 1. The Morgan fingerprint density at radius 1 is 1.20 bits per heavy atom. The van der Waals surface area contributed by atoms with E-state index >= 15 is 0 Å². The summed E-state index contributed by atoms with van der Waals surface area (Å²) in [5, 5.41) is 11.4. The summed E-state index contributed by atoms with van der Waals surface area (Å²) in [5.74, 6) is 0.207. The van der Waals surface area contributed by atoms with Crippen molar-refractivity contribution in [1.82, 2.24) is 14.8 Å². The molecular formula is C23H23N3O4. The lowest BCUT2D eigenvalue weighted by Crippen LogP contribution is -2.44. The highest BCUT2D eigenvalue weighted by Gasteiger charge is 2.52. The van der Waals surface area contributed by atoms with Crippen molar-refractivity contribution in [2.24, 2.45) is 0 Å². The first-order valence-corrected chi connectivity index (χ1v) is 10.1. The number of amides is 3. The predicted molar refractivity (Wildman–Crippen MR) is 112 cm³/mol. The number of para-hydroxylation sites is 1. The van der Waals surface area contributed by atoms with Crippen LogP contribution in [0.4, 0.5) is 4.79 Å². The fraction of sp³-hybridized carbons (Fsp3) is 0.304. The van der Waals surface area contributed by atoms with Crippen LogP contribution < -0.4 is 4.74 Å². The van der Waals surface area contributed by atoms with Crippen molar-refractivity contribution in [3.8, 4) is 11.5 Å². The van der Waals surface area contributed by atoms with Gasteiger partial charge in [0.05, 0.1) is 7.11 Å². The number of urea groups is 1. The molecule has 0 bridgehead atoms. The molecule has 3 aromatic rings. The van der Waals surface area contributed by atoms with Crippen molar-refractivity contribution >= 4 is 22.8 Å². The maximum Gasteiger partial charge on any atom is 0.328 e. The molecule has 30 heavy (non-hydrogen) atoms.